The van der Waals surface area contributed by atoms with Crippen molar-refractivity contribution in [1.29, 1.82) is 0 Å². The molecule has 1 aromatic carbocycles. The standard InChI is InChI=1S/C16H24O3/c1-12(2)14-6-5-13(3)15(11-14)17-10-7-16-18-8-4-9-19-16/h5-6,11-12,16H,4,7-10H2,1-3H3. The van der Waals surface area contributed by atoms with Gasteiger partial charge in [0.05, 0.1) is 19.8 Å². The Morgan fingerprint density at radius 1 is 1.26 bits per heavy atom. The highest BCUT2D eigenvalue weighted by Gasteiger charge is 2.14. The van der Waals surface area contributed by atoms with E-state index in [-0.39, 0.29) is 6.29 Å². The smallest absolute Gasteiger partial charge is 0.160 e. The van der Waals surface area contributed by atoms with Gasteiger partial charge in [0.2, 0.25) is 0 Å². The Bertz CT molecular complexity index is 395. The summed E-state index contributed by atoms with van der Waals surface area (Å²) < 4.78 is 16.9. The molecule has 0 bridgehead atoms. The van der Waals surface area contributed by atoms with Gasteiger partial charge in [-0.25, -0.2) is 0 Å². The van der Waals surface area contributed by atoms with Crippen LogP contribution in [0.25, 0.3) is 0 Å². The molecule has 0 aromatic heterocycles. The molecule has 0 unspecified atom stereocenters. The van der Waals surface area contributed by atoms with Crippen LogP contribution in [-0.4, -0.2) is 26.1 Å². The van der Waals surface area contributed by atoms with E-state index in [9.17, 15) is 0 Å². The van der Waals surface area contributed by atoms with E-state index in [4.69, 9.17) is 14.2 Å². The molecule has 3 nitrogen and oxygen atoms in total. The number of hydrogen-bond donors (Lipinski definition) is 0. The third kappa shape index (κ3) is 4.22. The fourth-order valence-corrected chi connectivity index (χ4v) is 2.10. The number of rotatable bonds is 5. The molecule has 106 valence electrons. The Morgan fingerprint density at radius 3 is 2.68 bits per heavy atom. The van der Waals surface area contributed by atoms with Crippen LogP contribution in [0.5, 0.6) is 5.75 Å². The van der Waals surface area contributed by atoms with Crippen LogP contribution in [0.4, 0.5) is 0 Å². The predicted octanol–water partition coefficient (Wildman–Crippen LogP) is 3.65. The first kappa shape index (κ1) is 14.4. The molecule has 0 N–H and O–H groups in total. The van der Waals surface area contributed by atoms with Gasteiger partial charge in [-0.05, 0) is 36.5 Å². The van der Waals surface area contributed by atoms with Crippen molar-refractivity contribution >= 4 is 0 Å². The minimum Gasteiger partial charge on any atom is -0.493 e. The van der Waals surface area contributed by atoms with Crippen molar-refractivity contribution in [3.05, 3.63) is 29.3 Å². The van der Waals surface area contributed by atoms with Crippen molar-refractivity contribution in [3.8, 4) is 5.75 Å². The molecule has 1 aromatic rings. The average Bonchev–Trinajstić information content (AvgIpc) is 2.42. The van der Waals surface area contributed by atoms with Crippen LogP contribution in [0.3, 0.4) is 0 Å². The topological polar surface area (TPSA) is 27.7 Å². The molecular formula is C16H24O3. The molecule has 0 spiro atoms. The molecule has 1 aliphatic rings. The van der Waals surface area contributed by atoms with Crippen LogP contribution < -0.4 is 4.74 Å². The Hall–Kier alpha value is -1.06. The van der Waals surface area contributed by atoms with Crippen LogP contribution >= 0.6 is 0 Å². The third-order valence-corrected chi connectivity index (χ3v) is 3.39. The number of hydrogen-bond acceptors (Lipinski definition) is 3. The van der Waals surface area contributed by atoms with Crippen molar-refractivity contribution in [3.63, 3.8) is 0 Å². The van der Waals surface area contributed by atoms with Gasteiger partial charge >= 0.3 is 0 Å². The number of ether oxygens (including phenoxy) is 3. The molecule has 0 amide bonds. The summed E-state index contributed by atoms with van der Waals surface area (Å²) in [6, 6.07) is 6.43. The van der Waals surface area contributed by atoms with Gasteiger partial charge in [0, 0.05) is 6.42 Å². The lowest BCUT2D eigenvalue weighted by Gasteiger charge is -2.23. The fourth-order valence-electron chi connectivity index (χ4n) is 2.10. The maximum absolute atomic E-state index is 5.87. The highest BCUT2D eigenvalue weighted by Crippen LogP contribution is 2.24. The molecule has 1 fully saturated rings. The molecule has 1 saturated heterocycles. The van der Waals surface area contributed by atoms with Crippen LogP contribution in [0.2, 0.25) is 0 Å². The van der Waals surface area contributed by atoms with Gasteiger partial charge in [-0.3, -0.25) is 0 Å². The second-order valence-electron chi connectivity index (χ2n) is 5.34. The first-order chi connectivity index (χ1) is 9.16. The predicted molar refractivity (Wildman–Crippen MR) is 75.7 cm³/mol. The van der Waals surface area contributed by atoms with Crippen LogP contribution in [0, 0.1) is 6.92 Å². The third-order valence-electron chi connectivity index (χ3n) is 3.39. The zero-order valence-corrected chi connectivity index (χ0v) is 12.1. The van der Waals surface area contributed by atoms with Crippen molar-refractivity contribution in [2.24, 2.45) is 0 Å². The van der Waals surface area contributed by atoms with Gasteiger partial charge in [0.25, 0.3) is 0 Å². The van der Waals surface area contributed by atoms with E-state index < -0.39 is 0 Å². The maximum atomic E-state index is 5.87. The summed E-state index contributed by atoms with van der Waals surface area (Å²) in [4.78, 5) is 0. The summed E-state index contributed by atoms with van der Waals surface area (Å²) in [5.41, 5.74) is 2.49. The van der Waals surface area contributed by atoms with E-state index in [1.807, 2.05) is 0 Å². The van der Waals surface area contributed by atoms with Crippen LogP contribution in [-0.2, 0) is 9.47 Å². The highest BCUT2D eigenvalue weighted by molar-refractivity contribution is 5.37. The fraction of sp³-hybridized carbons (Fsp3) is 0.625. The van der Waals surface area contributed by atoms with Crippen molar-refractivity contribution in [2.75, 3.05) is 19.8 Å². The van der Waals surface area contributed by atoms with Crippen molar-refractivity contribution < 1.29 is 14.2 Å². The van der Waals surface area contributed by atoms with Gasteiger partial charge in [-0.2, -0.15) is 0 Å². The first-order valence-electron chi connectivity index (χ1n) is 7.13. The summed E-state index contributed by atoms with van der Waals surface area (Å²) >= 11 is 0. The summed E-state index contributed by atoms with van der Waals surface area (Å²) in [6.45, 7) is 8.69. The second kappa shape index (κ2) is 6.92. The molecule has 0 saturated carbocycles. The normalized spacial score (nSPS) is 16.8. The molecule has 19 heavy (non-hydrogen) atoms. The lowest BCUT2D eigenvalue weighted by molar-refractivity contribution is -0.183. The molecule has 3 heteroatoms. The quantitative estimate of drug-likeness (QED) is 0.812. The van der Waals surface area contributed by atoms with Gasteiger partial charge in [0.15, 0.2) is 6.29 Å². The molecule has 0 atom stereocenters. The zero-order chi connectivity index (χ0) is 13.7. The number of aryl methyl sites for hydroxylation is 1. The lowest BCUT2D eigenvalue weighted by Crippen LogP contribution is -2.26. The Kier molecular flexibility index (Phi) is 5.23. The largest absolute Gasteiger partial charge is 0.493 e. The highest BCUT2D eigenvalue weighted by atomic mass is 16.7. The summed E-state index contributed by atoms with van der Waals surface area (Å²) in [5, 5.41) is 0. The first-order valence-corrected chi connectivity index (χ1v) is 7.13. The monoisotopic (exact) mass is 264 g/mol. The van der Waals surface area contributed by atoms with E-state index in [0.29, 0.717) is 12.5 Å². The zero-order valence-electron chi connectivity index (χ0n) is 12.1. The van der Waals surface area contributed by atoms with Gasteiger partial charge in [-0.15, -0.1) is 0 Å². The Labute approximate surface area is 115 Å². The van der Waals surface area contributed by atoms with E-state index in [2.05, 4.69) is 39.0 Å². The van der Waals surface area contributed by atoms with E-state index in [1.165, 1.54) is 11.1 Å². The molecule has 1 heterocycles. The van der Waals surface area contributed by atoms with E-state index >= 15 is 0 Å². The van der Waals surface area contributed by atoms with Gasteiger partial charge in [0.1, 0.15) is 5.75 Å². The maximum Gasteiger partial charge on any atom is 0.160 e. The molecular weight excluding hydrogens is 240 g/mol. The number of benzene rings is 1. The molecule has 2 rings (SSSR count). The van der Waals surface area contributed by atoms with Gasteiger partial charge < -0.3 is 14.2 Å². The summed E-state index contributed by atoms with van der Waals surface area (Å²) in [6.07, 6.45) is 1.68. The summed E-state index contributed by atoms with van der Waals surface area (Å²) in [5.74, 6) is 1.50. The van der Waals surface area contributed by atoms with Crippen molar-refractivity contribution in [1.82, 2.24) is 0 Å². The Morgan fingerprint density at radius 2 is 2.00 bits per heavy atom. The molecule has 0 radical (unpaired) electrons. The minimum atomic E-state index is -0.0951. The molecule has 0 aliphatic carbocycles. The SMILES string of the molecule is Cc1ccc(C(C)C)cc1OCCC1OCCCO1. The van der Waals surface area contributed by atoms with E-state index in [1.54, 1.807) is 0 Å². The van der Waals surface area contributed by atoms with Gasteiger partial charge in [-0.1, -0.05) is 26.0 Å². The summed E-state index contributed by atoms with van der Waals surface area (Å²) in [7, 11) is 0. The minimum absolute atomic E-state index is 0.0951. The van der Waals surface area contributed by atoms with Crippen LogP contribution in [0.15, 0.2) is 18.2 Å². The lowest BCUT2D eigenvalue weighted by atomic mass is 10.0. The Balaban J connectivity index is 1.86. The molecule has 1 aliphatic heterocycles. The van der Waals surface area contributed by atoms with E-state index in [0.717, 1.165) is 31.8 Å². The average molecular weight is 264 g/mol. The second-order valence-corrected chi connectivity index (χ2v) is 5.34. The van der Waals surface area contributed by atoms with Crippen LogP contribution in [0.1, 0.15) is 43.7 Å². The van der Waals surface area contributed by atoms with Crippen molar-refractivity contribution in [2.45, 2.75) is 45.8 Å².